The molecule has 0 aliphatic carbocycles. The third-order valence-corrected chi connectivity index (χ3v) is 5.24. The van der Waals surface area contributed by atoms with Gasteiger partial charge < -0.3 is 0 Å². The summed E-state index contributed by atoms with van der Waals surface area (Å²) in [6.07, 6.45) is 2.02. The van der Waals surface area contributed by atoms with Crippen LogP contribution >= 0.6 is 11.8 Å². The summed E-state index contributed by atoms with van der Waals surface area (Å²) >= 11 is 1.66. The maximum absolute atomic E-state index is 12.4. The van der Waals surface area contributed by atoms with E-state index in [1.807, 2.05) is 42.7 Å². The average molecular weight is 246 g/mol. The lowest BCUT2D eigenvalue weighted by atomic mass is 10.1. The zero-order chi connectivity index (χ0) is 11.1. The smallest absolute Gasteiger partial charge is 0.0873 e. The first-order valence-corrected chi connectivity index (χ1v) is 7.38. The SMILES string of the molecule is CSc1cccc2c1S(=O)c1ccccc1-2. The Morgan fingerprint density at radius 2 is 1.75 bits per heavy atom. The summed E-state index contributed by atoms with van der Waals surface area (Å²) in [7, 11) is -1.00. The van der Waals surface area contributed by atoms with E-state index in [0.29, 0.717) is 0 Å². The summed E-state index contributed by atoms with van der Waals surface area (Å²) in [4.78, 5) is 3.04. The molecule has 1 unspecified atom stereocenters. The number of fused-ring (bicyclic) bond motifs is 3. The normalized spacial score (nSPS) is 16.9. The summed E-state index contributed by atoms with van der Waals surface area (Å²) in [5.41, 5.74) is 2.24. The fourth-order valence-electron chi connectivity index (χ4n) is 2.04. The van der Waals surface area contributed by atoms with E-state index in [-0.39, 0.29) is 0 Å². The van der Waals surface area contributed by atoms with E-state index in [1.54, 1.807) is 11.8 Å². The van der Waals surface area contributed by atoms with E-state index in [2.05, 4.69) is 6.07 Å². The molecule has 3 rings (SSSR count). The van der Waals surface area contributed by atoms with Crippen molar-refractivity contribution in [1.82, 2.24) is 0 Å². The fraction of sp³-hybridized carbons (Fsp3) is 0.0769. The van der Waals surface area contributed by atoms with Crippen LogP contribution in [0, 0.1) is 0 Å². The number of hydrogen-bond acceptors (Lipinski definition) is 2. The summed E-state index contributed by atoms with van der Waals surface area (Å²) in [5.74, 6) is 0. The Labute approximate surface area is 101 Å². The number of rotatable bonds is 1. The standard InChI is InChI=1S/C13H10OS2/c1-15-11-7-4-6-10-9-5-2-3-8-12(9)16(14)13(10)11/h2-8H,1H3. The number of benzene rings is 2. The molecule has 0 amide bonds. The highest BCUT2D eigenvalue weighted by Gasteiger charge is 2.27. The highest BCUT2D eigenvalue weighted by atomic mass is 32.2. The van der Waals surface area contributed by atoms with Crippen LogP contribution in [0.25, 0.3) is 11.1 Å². The van der Waals surface area contributed by atoms with Gasteiger partial charge in [-0.2, -0.15) is 0 Å². The molecule has 0 saturated heterocycles. The van der Waals surface area contributed by atoms with Crippen LogP contribution in [0.2, 0.25) is 0 Å². The van der Waals surface area contributed by atoms with Gasteiger partial charge in [0, 0.05) is 10.5 Å². The molecule has 1 aliphatic heterocycles. The fourth-order valence-corrected chi connectivity index (χ4v) is 4.46. The summed E-state index contributed by atoms with van der Waals surface area (Å²) < 4.78 is 12.4. The van der Waals surface area contributed by atoms with Crippen LogP contribution in [0.5, 0.6) is 0 Å². The van der Waals surface area contributed by atoms with Gasteiger partial charge in [0.05, 0.1) is 20.6 Å². The first-order chi connectivity index (χ1) is 7.83. The van der Waals surface area contributed by atoms with Crippen LogP contribution in [0.1, 0.15) is 0 Å². The van der Waals surface area contributed by atoms with Gasteiger partial charge >= 0.3 is 0 Å². The lowest BCUT2D eigenvalue weighted by molar-refractivity contribution is 0.683. The van der Waals surface area contributed by atoms with Crippen LogP contribution in [0.15, 0.2) is 57.2 Å². The van der Waals surface area contributed by atoms with Gasteiger partial charge in [-0.3, -0.25) is 0 Å². The zero-order valence-electron chi connectivity index (χ0n) is 8.77. The molecule has 0 bridgehead atoms. The highest BCUT2D eigenvalue weighted by molar-refractivity contribution is 7.99. The second-order valence-electron chi connectivity index (χ2n) is 3.60. The maximum Gasteiger partial charge on any atom is 0.0873 e. The summed E-state index contributed by atoms with van der Waals surface area (Å²) in [6.45, 7) is 0. The summed E-state index contributed by atoms with van der Waals surface area (Å²) in [6, 6.07) is 14.1. The third-order valence-electron chi connectivity index (χ3n) is 2.76. The number of hydrogen-bond donors (Lipinski definition) is 0. The molecule has 0 radical (unpaired) electrons. The molecule has 2 aromatic carbocycles. The Kier molecular flexibility index (Phi) is 2.37. The molecule has 16 heavy (non-hydrogen) atoms. The minimum Gasteiger partial charge on any atom is -0.249 e. The second kappa shape index (κ2) is 3.75. The molecule has 3 heteroatoms. The molecule has 0 aromatic heterocycles. The van der Waals surface area contributed by atoms with Gasteiger partial charge in [-0.15, -0.1) is 11.8 Å². The van der Waals surface area contributed by atoms with E-state index < -0.39 is 10.8 Å². The van der Waals surface area contributed by atoms with Crippen molar-refractivity contribution in [3.8, 4) is 11.1 Å². The lowest BCUT2D eigenvalue weighted by Crippen LogP contribution is -1.88. The van der Waals surface area contributed by atoms with Gasteiger partial charge in [0.1, 0.15) is 0 Å². The van der Waals surface area contributed by atoms with Crippen LogP contribution in [0.4, 0.5) is 0 Å². The lowest BCUT2D eigenvalue weighted by Gasteiger charge is -2.03. The average Bonchev–Trinajstić information content (AvgIpc) is 2.64. The highest BCUT2D eigenvalue weighted by Crippen LogP contribution is 2.44. The molecule has 1 atom stereocenters. The topological polar surface area (TPSA) is 17.1 Å². The maximum atomic E-state index is 12.4. The monoisotopic (exact) mass is 246 g/mol. The molecule has 0 N–H and O–H groups in total. The molecular formula is C13H10OS2. The van der Waals surface area contributed by atoms with Crippen molar-refractivity contribution in [2.75, 3.05) is 6.26 Å². The Bertz CT molecular complexity index is 590. The van der Waals surface area contributed by atoms with Gasteiger partial charge in [0.25, 0.3) is 0 Å². The zero-order valence-corrected chi connectivity index (χ0v) is 10.4. The van der Waals surface area contributed by atoms with E-state index >= 15 is 0 Å². The van der Waals surface area contributed by atoms with Crippen molar-refractivity contribution in [2.24, 2.45) is 0 Å². The molecule has 0 spiro atoms. The van der Waals surface area contributed by atoms with Gasteiger partial charge in [-0.1, -0.05) is 30.3 Å². The summed E-state index contributed by atoms with van der Waals surface area (Å²) in [5, 5.41) is 0. The molecular weight excluding hydrogens is 236 g/mol. The molecule has 1 nitrogen and oxygen atoms in total. The van der Waals surface area contributed by atoms with Gasteiger partial charge in [-0.05, 0) is 24.0 Å². The van der Waals surface area contributed by atoms with Gasteiger partial charge in [0.2, 0.25) is 0 Å². The van der Waals surface area contributed by atoms with Crippen molar-refractivity contribution in [2.45, 2.75) is 14.7 Å². The van der Waals surface area contributed by atoms with Crippen LogP contribution < -0.4 is 0 Å². The van der Waals surface area contributed by atoms with Crippen LogP contribution in [0.3, 0.4) is 0 Å². The minimum atomic E-state index is -1.00. The van der Waals surface area contributed by atoms with Crippen molar-refractivity contribution >= 4 is 22.6 Å². The Morgan fingerprint density at radius 3 is 2.56 bits per heavy atom. The van der Waals surface area contributed by atoms with Crippen molar-refractivity contribution in [3.63, 3.8) is 0 Å². The Hall–Kier alpha value is -1.06. The van der Waals surface area contributed by atoms with Crippen molar-refractivity contribution in [3.05, 3.63) is 42.5 Å². The predicted octanol–water partition coefficient (Wildman–Crippen LogP) is 3.56. The largest absolute Gasteiger partial charge is 0.249 e. The van der Waals surface area contributed by atoms with E-state index in [4.69, 9.17) is 0 Å². The molecule has 0 saturated carbocycles. The van der Waals surface area contributed by atoms with Crippen molar-refractivity contribution in [1.29, 1.82) is 0 Å². The van der Waals surface area contributed by atoms with Crippen LogP contribution in [-0.4, -0.2) is 10.5 Å². The minimum absolute atomic E-state index is 0.944. The van der Waals surface area contributed by atoms with Gasteiger partial charge in [0.15, 0.2) is 0 Å². The Morgan fingerprint density at radius 1 is 1.00 bits per heavy atom. The first-order valence-electron chi connectivity index (χ1n) is 5.01. The molecule has 1 heterocycles. The van der Waals surface area contributed by atoms with E-state index in [1.165, 1.54) is 0 Å². The number of thioether (sulfide) groups is 1. The molecule has 1 aliphatic rings. The second-order valence-corrected chi connectivity index (χ2v) is 5.84. The molecule has 0 fully saturated rings. The van der Waals surface area contributed by atoms with E-state index in [0.717, 1.165) is 25.8 Å². The predicted molar refractivity (Wildman–Crippen MR) is 68.3 cm³/mol. The van der Waals surface area contributed by atoms with Gasteiger partial charge in [-0.25, -0.2) is 4.21 Å². The quantitative estimate of drug-likeness (QED) is 0.611. The molecule has 2 aromatic rings. The van der Waals surface area contributed by atoms with Crippen LogP contribution in [-0.2, 0) is 10.8 Å². The molecule has 80 valence electrons. The first kappa shape index (κ1) is 10.1. The Balaban J connectivity index is 2.37. The van der Waals surface area contributed by atoms with Crippen molar-refractivity contribution < 1.29 is 4.21 Å². The van der Waals surface area contributed by atoms with E-state index in [9.17, 15) is 4.21 Å². The third kappa shape index (κ3) is 1.28.